The average Bonchev–Trinajstić information content (AvgIpc) is 3.77. The van der Waals surface area contributed by atoms with Gasteiger partial charge < -0.3 is 24.4 Å². The first kappa shape index (κ1) is 41.0. The third-order valence-electron chi connectivity index (χ3n) is 10.7. The molecule has 2 fully saturated rings. The molecule has 10 nitrogen and oxygen atoms in total. The lowest BCUT2D eigenvalue weighted by Crippen LogP contribution is -2.68. The van der Waals surface area contributed by atoms with Crippen LogP contribution in [0.4, 0.5) is 26.3 Å². The van der Waals surface area contributed by atoms with Crippen molar-refractivity contribution in [2.45, 2.75) is 95.3 Å². The van der Waals surface area contributed by atoms with Crippen molar-refractivity contribution >= 4 is 23.2 Å². The number of piperidine rings is 2. The van der Waals surface area contributed by atoms with Crippen molar-refractivity contribution in [3.05, 3.63) is 92.7 Å². The number of amides is 2. The summed E-state index contributed by atoms with van der Waals surface area (Å²) < 4.78 is 95.9. The number of rotatable bonds is 11. The number of aliphatic hydroxyl groups is 1. The Labute approximate surface area is 323 Å². The summed E-state index contributed by atoms with van der Waals surface area (Å²) in [6.45, 7) is 5.89. The maximum absolute atomic E-state index is 15.0. The fraction of sp³-hybridized carbons (Fsp3) is 0.487. The monoisotopic (exact) mass is 807 g/mol. The highest BCUT2D eigenvalue weighted by Crippen LogP contribution is 2.44. The van der Waals surface area contributed by atoms with Crippen LogP contribution in [0.15, 0.2) is 54.2 Å². The van der Waals surface area contributed by atoms with Crippen LogP contribution in [-0.4, -0.2) is 79.8 Å². The molecule has 1 aromatic carbocycles. The molecular weight excluding hydrogens is 765 g/mol. The number of carbonyl (C=O) groups is 2. The average molecular weight is 808 g/mol. The molecule has 2 saturated heterocycles. The molecule has 0 spiro atoms. The molecule has 2 aliphatic heterocycles. The van der Waals surface area contributed by atoms with Crippen molar-refractivity contribution in [2.75, 3.05) is 26.2 Å². The van der Waals surface area contributed by atoms with E-state index in [1.54, 1.807) is 31.2 Å². The van der Waals surface area contributed by atoms with Crippen LogP contribution in [0.25, 0.3) is 0 Å². The number of aromatic nitrogens is 3. The van der Waals surface area contributed by atoms with E-state index >= 15 is 0 Å². The number of alkyl halides is 6. The van der Waals surface area contributed by atoms with Crippen LogP contribution in [0.1, 0.15) is 88.8 Å². The molecule has 302 valence electrons. The second-order valence-corrected chi connectivity index (χ2v) is 15.2. The number of ether oxygens (including phenoxy) is 2. The van der Waals surface area contributed by atoms with Gasteiger partial charge in [0.1, 0.15) is 16.4 Å². The molecule has 2 N–H and O–H groups in total. The third kappa shape index (κ3) is 8.24. The van der Waals surface area contributed by atoms with E-state index in [0.717, 1.165) is 40.8 Å². The van der Waals surface area contributed by atoms with Crippen molar-refractivity contribution in [3.63, 3.8) is 0 Å². The highest BCUT2D eigenvalue weighted by molar-refractivity contribution is 7.10. The van der Waals surface area contributed by atoms with Gasteiger partial charge in [0, 0.05) is 67.6 Å². The van der Waals surface area contributed by atoms with Gasteiger partial charge in [-0.3, -0.25) is 19.7 Å². The predicted molar refractivity (Wildman–Crippen MR) is 194 cm³/mol. The zero-order valence-electron chi connectivity index (χ0n) is 31.1. The molecule has 0 radical (unpaired) electrons. The topological polar surface area (TPSA) is 121 Å². The number of benzene rings is 1. The minimum atomic E-state index is -4.88. The lowest BCUT2D eigenvalue weighted by Gasteiger charge is -2.51. The van der Waals surface area contributed by atoms with Gasteiger partial charge in [-0.2, -0.15) is 31.4 Å². The number of thiophene rings is 1. The number of halogens is 6. The van der Waals surface area contributed by atoms with E-state index in [0.29, 0.717) is 48.2 Å². The Morgan fingerprint density at radius 3 is 2.41 bits per heavy atom. The molecule has 5 heterocycles. The summed E-state index contributed by atoms with van der Waals surface area (Å²) in [6.07, 6.45) is -6.57. The summed E-state index contributed by atoms with van der Waals surface area (Å²) in [6, 6.07) is 7.41. The SMILES string of the molecule is CCCC1N(C(=O)c2cnccc2C(F)(F)F)CCCC1(Oc1csc(C(F)(F)F)c1)C(=O)N1CCC(O)(c2ccccc2OCCc2c(C)n[nH]c2C)CC1. The Bertz CT molecular complexity index is 2010. The zero-order chi connectivity index (χ0) is 40.5. The van der Waals surface area contributed by atoms with Gasteiger partial charge in [-0.25, -0.2) is 0 Å². The molecule has 6 rings (SSSR count). The highest BCUT2D eigenvalue weighted by atomic mass is 32.1. The number of aryl methyl sites for hydroxylation is 2. The van der Waals surface area contributed by atoms with E-state index in [2.05, 4.69) is 15.2 Å². The second kappa shape index (κ2) is 16.1. The van der Waals surface area contributed by atoms with Crippen LogP contribution in [0.5, 0.6) is 11.5 Å². The van der Waals surface area contributed by atoms with Gasteiger partial charge in [0.05, 0.1) is 35.1 Å². The Kier molecular flexibility index (Phi) is 11.8. The van der Waals surface area contributed by atoms with Crippen molar-refractivity contribution in [3.8, 4) is 11.5 Å². The van der Waals surface area contributed by atoms with Crippen molar-refractivity contribution in [2.24, 2.45) is 0 Å². The van der Waals surface area contributed by atoms with Gasteiger partial charge in [0.25, 0.3) is 11.8 Å². The molecule has 3 aromatic heterocycles. The van der Waals surface area contributed by atoms with Gasteiger partial charge >= 0.3 is 12.4 Å². The van der Waals surface area contributed by atoms with Crippen LogP contribution in [0, 0.1) is 13.8 Å². The van der Waals surface area contributed by atoms with E-state index in [-0.39, 0.29) is 57.5 Å². The van der Waals surface area contributed by atoms with Crippen molar-refractivity contribution in [1.29, 1.82) is 0 Å². The zero-order valence-corrected chi connectivity index (χ0v) is 31.9. The number of nitrogens with zero attached hydrogens (tertiary/aromatic N) is 4. The minimum Gasteiger partial charge on any atom is -0.493 e. The maximum Gasteiger partial charge on any atom is 0.425 e. The van der Waals surface area contributed by atoms with Gasteiger partial charge in [0.2, 0.25) is 5.60 Å². The summed E-state index contributed by atoms with van der Waals surface area (Å²) in [4.78, 5) is 34.5. The first-order valence-corrected chi connectivity index (χ1v) is 19.3. The standard InChI is InChI=1S/C39H43F6N5O5S/c1-4-8-32-37(55-26-21-33(56-23-26)39(43,44)45,13-7-17-50(32)34(51)28-22-46-16-11-29(28)38(40,41)42)35(52)49-18-14-36(53,15-19-49)30-9-5-6-10-31(30)54-20-12-27-24(2)47-48-25(27)3/h5-6,9-11,16,21-23,32,53H,4,7-8,12-15,17-20H2,1-3H3,(H,47,48). The molecule has 2 atom stereocenters. The number of H-pyrrole nitrogens is 1. The first-order valence-electron chi connectivity index (χ1n) is 18.4. The van der Waals surface area contributed by atoms with Crippen LogP contribution in [0.2, 0.25) is 0 Å². The largest absolute Gasteiger partial charge is 0.493 e. The molecular formula is C39H43F6N5O5S. The fourth-order valence-electron chi connectivity index (χ4n) is 7.90. The number of nitrogens with one attached hydrogen (secondary N) is 1. The molecule has 0 bridgehead atoms. The number of para-hydroxylation sites is 1. The number of pyridine rings is 1. The molecule has 2 unspecified atom stereocenters. The van der Waals surface area contributed by atoms with Gasteiger partial charge in [-0.15, -0.1) is 11.3 Å². The van der Waals surface area contributed by atoms with E-state index in [1.165, 1.54) is 9.80 Å². The predicted octanol–water partition coefficient (Wildman–Crippen LogP) is 7.87. The Morgan fingerprint density at radius 2 is 1.77 bits per heavy atom. The van der Waals surface area contributed by atoms with Crippen LogP contribution >= 0.6 is 11.3 Å². The minimum absolute atomic E-state index is 0.00719. The van der Waals surface area contributed by atoms with Gasteiger partial charge in [-0.1, -0.05) is 31.5 Å². The molecule has 56 heavy (non-hydrogen) atoms. The van der Waals surface area contributed by atoms with Crippen LogP contribution in [0.3, 0.4) is 0 Å². The van der Waals surface area contributed by atoms with E-state index in [9.17, 15) is 41.0 Å². The van der Waals surface area contributed by atoms with Gasteiger partial charge in [0.15, 0.2) is 0 Å². The summed E-state index contributed by atoms with van der Waals surface area (Å²) in [5, 5.41) is 20.3. The molecule has 2 aliphatic rings. The first-order chi connectivity index (χ1) is 26.5. The van der Waals surface area contributed by atoms with Crippen LogP contribution in [-0.2, 0) is 29.2 Å². The third-order valence-corrected chi connectivity index (χ3v) is 11.7. The summed E-state index contributed by atoms with van der Waals surface area (Å²) in [5.41, 5.74) is -1.91. The summed E-state index contributed by atoms with van der Waals surface area (Å²) in [7, 11) is 0. The Morgan fingerprint density at radius 1 is 1.04 bits per heavy atom. The normalized spacial score (nSPS) is 20.2. The fourth-order valence-corrected chi connectivity index (χ4v) is 8.58. The number of likely N-dealkylation sites (tertiary alicyclic amines) is 2. The molecule has 17 heteroatoms. The summed E-state index contributed by atoms with van der Waals surface area (Å²) >= 11 is 0.381. The van der Waals surface area contributed by atoms with Crippen molar-refractivity contribution in [1.82, 2.24) is 25.0 Å². The number of carbonyl (C=O) groups excluding carboxylic acids is 2. The number of hydrogen-bond donors (Lipinski definition) is 2. The highest BCUT2D eigenvalue weighted by Gasteiger charge is 2.56. The molecule has 2 amide bonds. The smallest absolute Gasteiger partial charge is 0.425 e. The van der Waals surface area contributed by atoms with Crippen molar-refractivity contribution < 1.29 is 50.5 Å². The maximum atomic E-state index is 15.0. The number of hydrogen-bond acceptors (Lipinski definition) is 8. The second-order valence-electron chi connectivity index (χ2n) is 14.3. The van der Waals surface area contributed by atoms with E-state index in [1.807, 2.05) is 13.8 Å². The lowest BCUT2D eigenvalue weighted by atomic mass is 9.78. The molecule has 0 aliphatic carbocycles. The van der Waals surface area contributed by atoms with Crippen LogP contribution < -0.4 is 9.47 Å². The van der Waals surface area contributed by atoms with Gasteiger partial charge in [-0.05, 0) is 57.2 Å². The van der Waals surface area contributed by atoms with E-state index in [4.69, 9.17) is 9.47 Å². The Hall–Kier alpha value is -4.64. The molecule has 0 saturated carbocycles. The Balaban J connectivity index is 1.29. The molecule has 4 aromatic rings. The summed E-state index contributed by atoms with van der Waals surface area (Å²) in [5.74, 6) is -1.42. The lowest BCUT2D eigenvalue weighted by molar-refractivity contribution is -0.163. The number of aromatic amines is 1. The quantitative estimate of drug-likeness (QED) is 0.148. The van der Waals surface area contributed by atoms with E-state index < -0.39 is 57.4 Å².